The van der Waals surface area contributed by atoms with E-state index in [1.165, 1.54) is 0 Å². The fourth-order valence-corrected chi connectivity index (χ4v) is 3.20. The number of rotatable bonds is 3. The van der Waals surface area contributed by atoms with Gasteiger partial charge in [-0.3, -0.25) is 0 Å². The van der Waals surface area contributed by atoms with E-state index in [0.29, 0.717) is 25.1 Å². The third-order valence-electron chi connectivity index (χ3n) is 4.62. The smallest absolute Gasteiger partial charge is 0.338 e. The molecule has 9 heteroatoms. The molecule has 1 atom stereocenters. The average Bonchev–Trinajstić information content (AvgIpc) is 2.55. The second kappa shape index (κ2) is 7.30. The lowest BCUT2D eigenvalue weighted by atomic mass is 9.98. The first kappa shape index (κ1) is 19.3. The summed E-state index contributed by atoms with van der Waals surface area (Å²) in [5, 5.41) is 9.05. The zero-order valence-electron chi connectivity index (χ0n) is 15.3. The number of aliphatic imine (C=N–C) groups is 1. The Kier molecular flexibility index (Phi) is 5.23. The average molecular weight is 383 g/mol. The van der Waals surface area contributed by atoms with Crippen molar-refractivity contribution in [3.63, 3.8) is 0 Å². The van der Waals surface area contributed by atoms with Crippen LogP contribution in [0.4, 0.5) is 23.2 Å². The van der Waals surface area contributed by atoms with Gasteiger partial charge >= 0.3 is 6.18 Å². The normalized spacial score (nSPS) is 21.0. The van der Waals surface area contributed by atoms with E-state index >= 15 is 0 Å². The van der Waals surface area contributed by atoms with Crippen molar-refractivity contribution in [1.82, 2.24) is 15.2 Å². The summed E-state index contributed by atoms with van der Waals surface area (Å²) in [7, 11) is 1.86. The van der Waals surface area contributed by atoms with Gasteiger partial charge in [0, 0.05) is 37.0 Å². The Bertz CT molecular complexity index is 794. The molecule has 0 bridgehead atoms. The molecule has 0 saturated carbocycles. The number of hydrazone groups is 1. The van der Waals surface area contributed by atoms with Crippen molar-refractivity contribution in [2.75, 3.05) is 20.1 Å². The van der Waals surface area contributed by atoms with Crippen molar-refractivity contribution in [2.24, 2.45) is 10.1 Å². The molecule has 2 aliphatic rings. The SMILES string of the molecule is CC=CC1c2cc(C(F)(F)F)c(F)cc2N=C(N2CC(NC)C2)N1/N=C\C. The summed E-state index contributed by atoms with van der Waals surface area (Å²) < 4.78 is 53.6. The van der Waals surface area contributed by atoms with Crippen molar-refractivity contribution >= 4 is 17.9 Å². The summed E-state index contributed by atoms with van der Waals surface area (Å²) in [6, 6.07) is 1.38. The molecule has 27 heavy (non-hydrogen) atoms. The van der Waals surface area contributed by atoms with Gasteiger partial charge < -0.3 is 10.2 Å². The molecule has 1 aromatic carbocycles. The number of guanidine groups is 1. The second-order valence-corrected chi connectivity index (χ2v) is 6.38. The molecule has 0 aliphatic carbocycles. The van der Waals surface area contributed by atoms with Crippen molar-refractivity contribution in [3.8, 4) is 0 Å². The zero-order chi connectivity index (χ0) is 19.8. The van der Waals surface area contributed by atoms with Gasteiger partial charge in [0.05, 0.1) is 11.3 Å². The van der Waals surface area contributed by atoms with Crippen molar-refractivity contribution in [2.45, 2.75) is 32.1 Å². The molecule has 1 N–H and O–H groups in total. The lowest BCUT2D eigenvalue weighted by Crippen LogP contribution is -2.62. The maximum atomic E-state index is 14.1. The molecule has 1 unspecified atom stereocenters. The first-order valence-corrected chi connectivity index (χ1v) is 8.62. The van der Waals surface area contributed by atoms with Gasteiger partial charge in [-0.25, -0.2) is 14.4 Å². The Hall–Kier alpha value is -2.42. The van der Waals surface area contributed by atoms with Gasteiger partial charge in [-0.2, -0.15) is 18.3 Å². The van der Waals surface area contributed by atoms with E-state index in [9.17, 15) is 17.6 Å². The van der Waals surface area contributed by atoms with E-state index in [0.717, 1.165) is 12.1 Å². The molecule has 0 amide bonds. The molecule has 5 nitrogen and oxygen atoms in total. The highest BCUT2D eigenvalue weighted by Crippen LogP contribution is 2.42. The number of nitrogens with one attached hydrogen (secondary N) is 1. The van der Waals surface area contributed by atoms with E-state index in [1.54, 1.807) is 37.2 Å². The molecule has 2 heterocycles. The highest BCUT2D eigenvalue weighted by Gasteiger charge is 2.40. The topological polar surface area (TPSA) is 43.2 Å². The van der Waals surface area contributed by atoms with E-state index < -0.39 is 23.6 Å². The van der Waals surface area contributed by atoms with E-state index in [2.05, 4.69) is 15.4 Å². The Morgan fingerprint density at radius 3 is 2.52 bits per heavy atom. The molecular weight excluding hydrogens is 362 g/mol. The zero-order valence-corrected chi connectivity index (χ0v) is 15.3. The largest absolute Gasteiger partial charge is 0.419 e. The van der Waals surface area contributed by atoms with Crippen LogP contribution >= 0.6 is 0 Å². The fourth-order valence-electron chi connectivity index (χ4n) is 3.20. The van der Waals surface area contributed by atoms with Gasteiger partial charge in [0.2, 0.25) is 5.96 Å². The van der Waals surface area contributed by atoms with Crippen molar-refractivity contribution in [3.05, 3.63) is 41.2 Å². The molecule has 1 aromatic rings. The van der Waals surface area contributed by atoms with E-state index in [1.807, 2.05) is 11.9 Å². The van der Waals surface area contributed by atoms with Crippen LogP contribution in [0.25, 0.3) is 0 Å². The molecule has 1 fully saturated rings. The molecule has 0 aromatic heterocycles. The lowest BCUT2D eigenvalue weighted by molar-refractivity contribution is -0.140. The minimum atomic E-state index is -4.78. The van der Waals surface area contributed by atoms with E-state index in [-0.39, 0.29) is 11.3 Å². The van der Waals surface area contributed by atoms with Gasteiger partial charge in [-0.1, -0.05) is 12.2 Å². The van der Waals surface area contributed by atoms with Crippen LogP contribution in [0, 0.1) is 5.82 Å². The van der Waals surface area contributed by atoms with Gasteiger partial charge in [0.15, 0.2) is 0 Å². The molecule has 3 rings (SSSR count). The number of hydrogen-bond acceptors (Lipinski definition) is 5. The predicted octanol–water partition coefficient (Wildman–Crippen LogP) is 3.67. The summed E-state index contributed by atoms with van der Waals surface area (Å²) in [5.74, 6) is -0.831. The molecule has 0 radical (unpaired) electrons. The Balaban J connectivity index is 2.13. The highest BCUT2D eigenvalue weighted by atomic mass is 19.4. The number of benzene rings is 1. The van der Waals surface area contributed by atoms with Crippen molar-refractivity contribution in [1.29, 1.82) is 0 Å². The van der Waals surface area contributed by atoms with Crippen LogP contribution in [0.5, 0.6) is 0 Å². The molecule has 146 valence electrons. The van der Waals surface area contributed by atoms with E-state index in [4.69, 9.17) is 0 Å². The van der Waals surface area contributed by atoms with Crippen LogP contribution < -0.4 is 5.32 Å². The summed E-state index contributed by atoms with van der Waals surface area (Å²) in [5.41, 5.74) is -0.843. The minimum Gasteiger partial charge on any atom is -0.338 e. The number of alkyl halides is 3. The Morgan fingerprint density at radius 2 is 1.96 bits per heavy atom. The van der Waals surface area contributed by atoms with Crippen LogP contribution in [0.2, 0.25) is 0 Å². The third kappa shape index (κ3) is 3.55. The van der Waals surface area contributed by atoms with Crippen LogP contribution in [-0.2, 0) is 6.18 Å². The molecule has 0 spiro atoms. The van der Waals surface area contributed by atoms with Gasteiger partial charge in [0.25, 0.3) is 0 Å². The number of fused-ring (bicyclic) bond motifs is 1. The number of likely N-dealkylation sites (tertiary alicyclic amines) is 1. The summed E-state index contributed by atoms with van der Waals surface area (Å²) in [6.07, 6.45) is 0.243. The minimum absolute atomic E-state index is 0.189. The van der Waals surface area contributed by atoms with Crippen LogP contribution in [0.15, 0.2) is 34.4 Å². The molecular formula is C18H21F4N5. The quantitative estimate of drug-likeness (QED) is 0.492. The summed E-state index contributed by atoms with van der Waals surface area (Å²) >= 11 is 0. The first-order chi connectivity index (χ1) is 12.8. The van der Waals surface area contributed by atoms with Gasteiger partial charge in [0.1, 0.15) is 11.9 Å². The van der Waals surface area contributed by atoms with Crippen LogP contribution in [0.3, 0.4) is 0 Å². The summed E-state index contributed by atoms with van der Waals surface area (Å²) in [4.78, 5) is 6.40. The number of likely N-dealkylation sites (N-methyl/N-ethyl adjacent to an activating group) is 1. The van der Waals surface area contributed by atoms with Gasteiger partial charge in [-0.15, -0.1) is 0 Å². The highest BCUT2D eigenvalue weighted by molar-refractivity contribution is 5.87. The first-order valence-electron chi connectivity index (χ1n) is 8.62. The van der Waals surface area contributed by atoms with Crippen molar-refractivity contribution < 1.29 is 17.6 Å². The van der Waals surface area contributed by atoms with Crippen LogP contribution in [0.1, 0.15) is 31.0 Å². The van der Waals surface area contributed by atoms with Crippen LogP contribution in [-0.4, -0.2) is 48.3 Å². The summed E-state index contributed by atoms with van der Waals surface area (Å²) in [6.45, 7) is 4.87. The lowest BCUT2D eigenvalue weighted by Gasteiger charge is -2.45. The Labute approximate surface area is 155 Å². The van der Waals surface area contributed by atoms with Gasteiger partial charge in [-0.05, 0) is 27.0 Å². The standard InChI is InChI=1S/C18H21F4N5/c1-4-6-16-12-7-13(18(20,21)22)14(19)8-15(12)25-17(27(16)24-5-2)26-9-11(10-26)23-3/h4-8,11,16,23H,9-10H2,1-3H3/b6-4?,24-5-. The number of hydrogen-bond donors (Lipinski definition) is 1. The Morgan fingerprint density at radius 1 is 1.26 bits per heavy atom. The molecule has 2 aliphatic heterocycles. The predicted molar refractivity (Wildman–Crippen MR) is 96.5 cm³/mol. The number of nitrogens with zero attached hydrogens (tertiary/aromatic N) is 4. The molecule has 1 saturated heterocycles. The number of halogens is 4. The third-order valence-corrected chi connectivity index (χ3v) is 4.62. The fraction of sp³-hybridized carbons (Fsp3) is 0.444. The number of allylic oxidation sites excluding steroid dienone is 1. The maximum absolute atomic E-state index is 14.1. The second-order valence-electron chi connectivity index (χ2n) is 6.38. The maximum Gasteiger partial charge on any atom is 0.419 e. The monoisotopic (exact) mass is 383 g/mol.